The average Bonchev–Trinajstić information content (AvgIpc) is 2.47. The molecule has 20 heavy (non-hydrogen) atoms. The molecule has 1 N–H and O–H groups in total. The predicted molar refractivity (Wildman–Crippen MR) is 75.2 cm³/mol. The van der Waals surface area contributed by atoms with Crippen LogP contribution in [0.3, 0.4) is 0 Å². The largest absolute Gasteiger partial charge is 0.464 e. The number of hydrogen-bond donors (Lipinski definition) is 1. The summed E-state index contributed by atoms with van der Waals surface area (Å²) in [4.78, 5) is 22.0. The number of carbonyl (C=O) groups excluding carboxylic acids is 1. The first kappa shape index (κ1) is 14.8. The zero-order chi connectivity index (χ0) is 14.5. The van der Waals surface area contributed by atoms with E-state index in [2.05, 4.69) is 15.3 Å². The third-order valence-corrected chi connectivity index (χ3v) is 3.04. The Bertz CT molecular complexity index is 486. The van der Waals surface area contributed by atoms with Gasteiger partial charge in [-0.05, 0) is 6.92 Å². The summed E-state index contributed by atoms with van der Waals surface area (Å²) in [5.74, 6) is 0.741. The van der Waals surface area contributed by atoms with Crippen LogP contribution in [0.1, 0.15) is 6.92 Å². The Morgan fingerprint density at radius 3 is 3.15 bits per heavy atom. The van der Waals surface area contributed by atoms with Crippen molar-refractivity contribution in [1.82, 2.24) is 9.97 Å². The molecule has 0 unspecified atom stereocenters. The lowest BCUT2D eigenvalue weighted by atomic mass is 10.2. The molecule has 1 aromatic rings. The first-order chi connectivity index (χ1) is 9.63. The van der Waals surface area contributed by atoms with Crippen molar-refractivity contribution < 1.29 is 14.3 Å². The summed E-state index contributed by atoms with van der Waals surface area (Å²) >= 11 is 5.96. The molecule has 1 aromatic heterocycles. The molecule has 1 aliphatic rings. The molecule has 7 nitrogen and oxygen atoms in total. The summed E-state index contributed by atoms with van der Waals surface area (Å²) in [7, 11) is 1.72. The maximum atomic E-state index is 11.7. The van der Waals surface area contributed by atoms with Crippen LogP contribution in [0.2, 0.25) is 5.15 Å². The van der Waals surface area contributed by atoms with Gasteiger partial charge in [0.15, 0.2) is 6.10 Å². The molecule has 0 spiro atoms. The highest BCUT2D eigenvalue weighted by Gasteiger charge is 2.28. The Morgan fingerprint density at radius 2 is 2.45 bits per heavy atom. The summed E-state index contributed by atoms with van der Waals surface area (Å²) in [6, 6.07) is 1.66. The summed E-state index contributed by atoms with van der Waals surface area (Å²) in [6.45, 7) is 3.55. The van der Waals surface area contributed by atoms with Crippen molar-refractivity contribution >= 4 is 29.3 Å². The van der Waals surface area contributed by atoms with Gasteiger partial charge in [0.05, 0.1) is 19.8 Å². The molecular weight excluding hydrogens is 284 g/mol. The fourth-order valence-corrected chi connectivity index (χ4v) is 2.09. The highest BCUT2D eigenvalue weighted by Crippen LogP contribution is 2.20. The highest BCUT2D eigenvalue weighted by atomic mass is 35.5. The lowest BCUT2D eigenvalue weighted by Gasteiger charge is -2.32. The molecule has 0 saturated carbocycles. The number of nitrogens with one attached hydrogen (secondary N) is 1. The normalized spacial score (nSPS) is 18.8. The molecule has 1 aliphatic heterocycles. The second-order valence-corrected chi connectivity index (χ2v) is 4.57. The van der Waals surface area contributed by atoms with Gasteiger partial charge in [-0.25, -0.2) is 9.78 Å². The SMILES string of the molecule is CCOC(=O)[C@H]1CN(c2cc(Cl)nc(NC)n2)CCO1. The summed E-state index contributed by atoms with van der Waals surface area (Å²) < 4.78 is 10.4. The molecule has 0 amide bonds. The fourth-order valence-electron chi connectivity index (χ4n) is 1.91. The highest BCUT2D eigenvalue weighted by molar-refractivity contribution is 6.29. The van der Waals surface area contributed by atoms with Gasteiger partial charge in [0, 0.05) is 19.7 Å². The van der Waals surface area contributed by atoms with Crippen LogP contribution in [0.15, 0.2) is 6.07 Å². The van der Waals surface area contributed by atoms with Crippen LogP contribution in [0.5, 0.6) is 0 Å². The van der Waals surface area contributed by atoms with Crippen LogP contribution in [0, 0.1) is 0 Å². The average molecular weight is 301 g/mol. The molecule has 2 heterocycles. The monoisotopic (exact) mass is 300 g/mol. The molecule has 1 fully saturated rings. The Morgan fingerprint density at radius 1 is 1.65 bits per heavy atom. The van der Waals surface area contributed by atoms with Gasteiger partial charge in [-0.2, -0.15) is 4.98 Å². The number of ether oxygens (including phenoxy) is 2. The Labute approximate surface area is 122 Å². The van der Waals surface area contributed by atoms with Gasteiger partial charge in [0.1, 0.15) is 11.0 Å². The van der Waals surface area contributed by atoms with Gasteiger partial charge in [-0.1, -0.05) is 11.6 Å². The maximum absolute atomic E-state index is 11.7. The molecule has 110 valence electrons. The van der Waals surface area contributed by atoms with E-state index in [-0.39, 0.29) is 5.97 Å². The Hall–Kier alpha value is -1.60. The van der Waals surface area contributed by atoms with Crippen molar-refractivity contribution in [3.8, 4) is 0 Å². The summed E-state index contributed by atoms with van der Waals surface area (Å²) in [5.41, 5.74) is 0. The first-order valence-electron chi connectivity index (χ1n) is 6.39. The Kier molecular flexibility index (Phi) is 4.97. The van der Waals surface area contributed by atoms with Crippen molar-refractivity contribution in [2.45, 2.75) is 13.0 Å². The lowest BCUT2D eigenvalue weighted by molar-refractivity contribution is -0.157. The van der Waals surface area contributed by atoms with Gasteiger partial charge in [-0.15, -0.1) is 0 Å². The number of anilines is 2. The smallest absolute Gasteiger partial charge is 0.337 e. The molecule has 0 radical (unpaired) electrons. The zero-order valence-corrected chi connectivity index (χ0v) is 12.2. The number of esters is 1. The Balaban J connectivity index is 2.12. The minimum absolute atomic E-state index is 0.335. The van der Waals surface area contributed by atoms with E-state index in [1.54, 1.807) is 20.0 Å². The van der Waals surface area contributed by atoms with E-state index in [9.17, 15) is 4.79 Å². The van der Waals surface area contributed by atoms with Crippen LogP contribution in [0.25, 0.3) is 0 Å². The van der Waals surface area contributed by atoms with Crippen molar-refractivity contribution in [2.24, 2.45) is 0 Å². The third-order valence-electron chi connectivity index (χ3n) is 2.84. The fraction of sp³-hybridized carbons (Fsp3) is 0.583. The first-order valence-corrected chi connectivity index (χ1v) is 6.77. The van der Waals surface area contributed by atoms with Crippen LogP contribution in [-0.2, 0) is 14.3 Å². The van der Waals surface area contributed by atoms with Crippen molar-refractivity contribution in [3.63, 3.8) is 0 Å². The number of carbonyl (C=O) groups is 1. The van der Waals surface area contributed by atoms with Gasteiger partial charge in [0.2, 0.25) is 5.95 Å². The molecule has 0 bridgehead atoms. The minimum atomic E-state index is -0.601. The molecule has 1 atom stereocenters. The van der Waals surface area contributed by atoms with E-state index in [1.807, 2.05) is 4.90 Å². The minimum Gasteiger partial charge on any atom is -0.464 e. The van der Waals surface area contributed by atoms with Crippen LogP contribution in [-0.4, -0.2) is 55.4 Å². The number of morpholine rings is 1. The van der Waals surface area contributed by atoms with Crippen LogP contribution in [0.4, 0.5) is 11.8 Å². The zero-order valence-electron chi connectivity index (χ0n) is 11.4. The predicted octanol–water partition coefficient (Wildman–Crippen LogP) is 0.940. The third kappa shape index (κ3) is 3.49. The number of halogens is 1. The van der Waals surface area contributed by atoms with Crippen LogP contribution >= 0.6 is 11.6 Å². The molecule has 0 aliphatic carbocycles. The number of hydrogen-bond acceptors (Lipinski definition) is 7. The maximum Gasteiger partial charge on any atom is 0.337 e. The lowest BCUT2D eigenvalue weighted by Crippen LogP contribution is -2.47. The molecule has 0 aromatic carbocycles. The standard InChI is InChI=1S/C12H17ClN4O3/c1-3-19-11(18)8-7-17(4-5-20-8)10-6-9(13)15-12(14-2)16-10/h6,8H,3-5,7H2,1-2H3,(H,14,15,16)/t8-/m1/s1. The topological polar surface area (TPSA) is 76.6 Å². The number of rotatable bonds is 4. The van der Waals surface area contributed by atoms with E-state index < -0.39 is 6.10 Å². The van der Waals surface area contributed by atoms with Gasteiger partial charge in [-0.3, -0.25) is 0 Å². The molecular formula is C12H17ClN4O3. The van der Waals surface area contributed by atoms with Gasteiger partial charge in [0.25, 0.3) is 0 Å². The van der Waals surface area contributed by atoms with E-state index in [0.717, 1.165) is 0 Å². The second kappa shape index (κ2) is 6.71. The molecule has 8 heteroatoms. The quantitative estimate of drug-likeness (QED) is 0.655. The number of aromatic nitrogens is 2. The van der Waals surface area contributed by atoms with E-state index in [4.69, 9.17) is 21.1 Å². The van der Waals surface area contributed by atoms with Crippen molar-refractivity contribution in [2.75, 3.05) is 43.6 Å². The van der Waals surface area contributed by atoms with Crippen molar-refractivity contribution in [1.29, 1.82) is 0 Å². The second-order valence-electron chi connectivity index (χ2n) is 4.18. The number of nitrogens with zero attached hydrogens (tertiary/aromatic N) is 3. The summed E-state index contributed by atoms with van der Waals surface area (Å²) in [6.07, 6.45) is -0.601. The van der Waals surface area contributed by atoms with Crippen LogP contribution < -0.4 is 10.2 Å². The van der Waals surface area contributed by atoms with Crippen molar-refractivity contribution in [3.05, 3.63) is 11.2 Å². The summed E-state index contributed by atoms with van der Waals surface area (Å²) in [5, 5.41) is 3.19. The van der Waals surface area contributed by atoms with E-state index >= 15 is 0 Å². The van der Waals surface area contributed by atoms with Gasteiger partial charge < -0.3 is 19.7 Å². The van der Waals surface area contributed by atoms with E-state index in [0.29, 0.717) is 43.2 Å². The van der Waals surface area contributed by atoms with E-state index in [1.165, 1.54) is 0 Å². The molecule has 2 rings (SSSR count). The molecule has 1 saturated heterocycles. The van der Waals surface area contributed by atoms with Gasteiger partial charge >= 0.3 is 5.97 Å².